The molecule has 0 aromatic heterocycles. The standard InChI is InChI=1S/C27H24Br2N2O2S/c1-3-33-26(32)25-16(2)31-24(18-9-13-21(29)14-10-18)22-6-4-5-19(23(22)30-27(31)34-25)15-17-7-11-20(28)12-8-17/h7-15,24H,3-6H2,1-2H3/b19-15+/t24-/m0/s1. The number of carbonyl (C=O) groups excluding carboxylic acids is 1. The van der Waals surface area contributed by atoms with Crippen molar-refractivity contribution in [3.63, 3.8) is 0 Å². The zero-order valence-corrected chi connectivity index (χ0v) is 23.0. The lowest BCUT2D eigenvalue weighted by Crippen LogP contribution is -2.34. The average Bonchev–Trinajstić information content (AvgIpc) is 3.16. The van der Waals surface area contributed by atoms with Crippen LogP contribution in [0.3, 0.4) is 0 Å². The maximum atomic E-state index is 12.7. The van der Waals surface area contributed by atoms with E-state index in [1.807, 2.05) is 13.8 Å². The Bertz CT molecular complexity index is 1260. The highest BCUT2D eigenvalue weighted by Crippen LogP contribution is 2.51. The van der Waals surface area contributed by atoms with Gasteiger partial charge in [-0.15, -0.1) is 0 Å². The van der Waals surface area contributed by atoms with Crippen LogP contribution in [0.15, 0.2) is 89.9 Å². The molecule has 2 heterocycles. The average molecular weight is 600 g/mol. The number of thioether (sulfide) groups is 1. The lowest BCUT2D eigenvalue weighted by Gasteiger charge is -2.39. The molecule has 4 nitrogen and oxygen atoms in total. The molecule has 7 heteroatoms. The van der Waals surface area contributed by atoms with E-state index in [2.05, 4.69) is 91.4 Å². The number of fused-ring (bicyclic) bond motifs is 1. The molecular weight excluding hydrogens is 576 g/mol. The molecule has 0 bridgehead atoms. The second-order valence-electron chi connectivity index (χ2n) is 8.40. The van der Waals surface area contributed by atoms with Crippen LogP contribution in [0.4, 0.5) is 0 Å². The van der Waals surface area contributed by atoms with Crippen molar-refractivity contribution in [3.05, 3.63) is 96.0 Å². The molecule has 174 valence electrons. The van der Waals surface area contributed by atoms with E-state index in [-0.39, 0.29) is 12.0 Å². The fraction of sp³-hybridized carbons (Fsp3) is 0.259. The lowest BCUT2D eigenvalue weighted by atomic mass is 9.83. The normalized spacial score (nSPS) is 20.9. The number of amidine groups is 1. The number of allylic oxidation sites excluding steroid dienone is 2. The molecule has 3 aliphatic rings. The minimum Gasteiger partial charge on any atom is -0.462 e. The number of hydrogen-bond donors (Lipinski definition) is 0. The molecule has 1 atom stereocenters. The summed E-state index contributed by atoms with van der Waals surface area (Å²) < 4.78 is 7.47. The first-order valence-electron chi connectivity index (χ1n) is 11.3. The van der Waals surface area contributed by atoms with E-state index in [0.29, 0.717) is 11.5 Å². The Kier molecular flexibility index (Phi) is 6.87. The Morgan fingerprint density at radius 2 is 1.79 bits per heavy atom. The molecule has 0 saturated carbocycles. The first kappa shape index (κ1) is 23.6. The summed E-state index contributed by atoms with van der Waals surface area (Å²) in [5, 5.41) is 0.843. The van der Waals surface area contributed by atoms with Crippen molar-refractivity contribution in [1.82, 2.24) is 4.90 Å². The minimum atomic E-state index is -0.278. The van der Waals surface area contributed by atoms with Crippen molar-refractivity contribution < 1.29 is 9.53 Å². The van der Waals surface area contributed by atoms with Gasteiger partial charge in [-0.3, -0.25) is 0 Å². The molecule has 2 aromatic rings. The minimum absolute atomic E-state index is 0.00337. The van der Waals surface area contributed by atoms with Crippen molar-refractivity contribution in [1.29, 1.82) is 0 Å². The van der Waals surface area contributed by atoms with Gasteiger partial charge in [-0.1, -0.05) is 56.1 Å². The second kappa shape index (κ2) is 9.88. The highest BCUT2D eigenvalue weighted by atomic mass is 79.9. The van der Waals surface area contributed by atoms with Crippen LogP contribution in [-0.4, -0.2) is 22.6 Å². The van der Waals surface area contributed by atoms with Crippen LogP contribution in [0.2, 0.25) is 0 Å². The predicted molar refractivity (Wildman–Crippen MR) is 146 cm³/mol. The summed E-state index contributed by atoms with van der Waals surface area (Å²) in [4.78, 5) is 20.7. The Morgan fingerprint density at radius 1 is 1.12 bits per heavy atom. The molecule has 0 radical (unpaired) electrons. The lowest BCUT2D eigenvalue weighted by molar-refractivity contribution is -0.137. The van der Waals surface area contributed by atoms with Crippen LogP contribution in [-0.2, 0) is 9.53 Å². The number of benzene rings is 2. The van der Waals surface area contributed by atoms with Crippen molar-refractivity contribution >= 4 is 60.8 Å². The van der Waals surface area contributed by atoms with Crippen molar-refractivity contribution in [2.45, 2.75) is 39.2 Å². The van der Waals surface area contributed by atoms with Gasteiger partial charge in [-0.05, 0) is 97.5 Å². The Morgan fingerprint density at radius 3 is 2.47 bits per heavy atom. The molecule has 2 aromatic carbocycles. The number of carbonyl (C=O) groups is 1. The molecule has 2 aliphatic heterocycles. The second-order valence-corrected chi connectivity index (χ2v) is 11.2. The molecule has 0 fully saturated rings. The van der Waals surface area contributed by atoms with E-state index >= 15 is 0 Å². The number of nitrogens with zero attached hydrogens (tertiary/aromatic N) is 2. The molecule has 1 aliphatic carbocycles. The first-order chi connectivity index (χ1) is 16.5. The summed E-state index contributed by atoms with van der Waals surface area (Å²) >= 11 is 8.51. The van der Waals surface area contributed by atoms with Gasteiger partial charge >= 0.3 is 5.97 Å². The van der Waals surface area contributed by atoms with Gasteiger partial charge in [0.2, 0.25) is 0 Å². The molecule has 0 N–H and O–H groups in total. The van der Waals surface area contributed by atoms with Crippen LogP contribution in [0.5, 0.6) is 0 Å². The van der Waals surface area contributed by atoms with Crippen LogP contribution in [0.25, 0.3) is 6.08 Å². The summed E-state index contributed by atoms with van der Waals surface area (Å²) in [7, 11) is 0. The summed E-state index contributed by atoms with van der Waals surface area (Å²) in [6.07, 6.45) is 5.30. The van der Waals surface area contributed by atoms with E-state index in [9.17, 15) is 4.79 Å². The fourth-order valence-corrected chi connectivity index (χ4v) is 6.28. The van der Waals surface area contributed by atoms with E-state index < -0.39 is 0 Å². The summed E-state index contributed by atoms with van der Waals surface area (Å²) in [6.45, 7) is 4.19. The highest BCUT2D eigenvalue weighted by Gasteiger charge is 2.42. The smallest absolute Gasteiger partial charge is 0.346 e. The molecule has 0 amide bonds. The highest BCUT2D eigenvalue weighted by molar-refractivity contribution is 9.10. The van der Waals surface area contributed by atoms with E-state index in [1.54, 1.807) is 0 Å². The van der Waals surface area contributed by atoms with Gasteiger partial charge in [0.1, 0.15) is 4.91 Å². The molecular formula is C27H24Br2N2O2S. The summed E-state index contributed by atoms with van der Waals surface area (Å²) in [6, 6.07) is 16.9. The van der Waals surface area contributed by atoms with Gasteiger partial charge in [0.25, 0.3) is 0 Å². The van der Waals surface area contributed by atoms with Crippen LogP contribution >= 0.6 is 43.6 Å². The first-order valence-corrected chi connectivity index (χ1v) is 13.7. The number of ether oxygens (including phenoxy) is 1. The number of esters is 1. The zero-order chi connectivity index (χ0) is 23.8. The van der Waals surface area contributed by atoms with Gasteiger partial charge in [0, 0.05) is 14.6 Å². The SMILES string of the molecule is CCOC(=O)C1=C(C)N2C(=NC3=C(CCC/C3=C\c3ccc(Br)cc3)[C@@H]2c2ccc(Br)cc2)S1. The van der Waals surface area contributed by atoms with Gasteiger partial charge < -0.3 is 9.64 Å². The van der Waals surface area contributed by atoms with Crippen LogP contribution in [0, 0.1) is 0 Å². The van der Waals surface area contributed by atoms with Crippen LogP contribution < -0.4 is 0 Å². The van der Waals surface area contributed by atoms with Gasteiger partial charge in [0.05, 0.1) is 18.3 Å². The zero-order valence-electron chi connectivity index (χ0n) is 19.0. The van der Waals surface area contributed by atoms with E-state index in [4.69, 9.17) is 9.73 Å². The Labute approximate surface area is 221 Å². The molecule has 0 saturated heterocycles. The van der Waals surface area contributed by atoms with Crippen molar-refractivity contribution in [2.75, 3.05) is 6.61 Å². The number of aliphatic imine (C=N–C) groups is 1. The van der Waals surface area contributed by atoms with Gasteiger partial charge in [-0.2, -0.15) is 0 Å². The van der Waals surface area contributed by atoms with Crippen LogP contribution in [0.1, 0.15) is 50.3 Å². The molecule has 0 spiro atoms. The van der Waals surface area contributed by atoms with E-state index in [1.165, 1.54) is 28.5 Å². The maximum absolute atomic E-state index is 12.7. The third-order valence-corrected chi connectivity index (χ3v) is 8.44. The predicted octanol–water partition coefficient (Wildman–Crippen LogP) is 7.99. The van der Waals surface area contributed by atoms with E-state index in [0.717, 1.165) is 50.3 Å². The summed E-state index contributed by atoms with van der Waals surface area (Å²) in [5.74, 6) is -0.278. The monoisotopic (exact) mass is 598 g/mol. The molecule has 5 rings (SSSR count). The Balaban J connectivity index is 1.64. The number of halogens is 2. The molecule has 0 unspecified atom stereocenters. The number of rotatable bonds is 4. The molecule has 34 heavy (non-hydrogen) atoms. The quantitative estimate of drug-likeness (QED) is 0.334. The van der Waals surface area contributed by atoms with Crippen molar-refractivity contribution in [3.8, 4) is 0 Å². The third-order valence-electron chi connectivity index (χ3n) is 6.24. The van der Waals surface area contributed by atoms with Gasteiger partial charge in [-0.25, -0.2) is 9.79 Å². The largest absolute Gasteiger partial charge is 0.462 e. The van der Waals surface area contributed by atoms with Crippen molar-refractivity contribution in [2.24, 2.45) is 4.99 Å². The topological polar surface area (TPSA) is 41.9 Å². The maximum Gasteiger partial charge on any atom is 0.346 e. The fourth-order valence-electron chi connectivity index (χ4n) is 4.70. The summed E-state index contributed by atoms with van der Waals surface area (Å²) in [5.41, 5.74) is 6.89. The number of hydrogen-bond acceptors (Lipinski definition) is 5. The van der Waals surface area contributed by atoms with Gasteiger partial charge in [0.15, 0.2) is 5.17 Å². The Hall–Kier alpha value is -2.09. The third kappa shape index (κ3) is 4.45.